The lowest BCUT2D eigenvalue weighted by molar-refractivity contribution is -0.135. The van der Waals surface area contributed by atoms with Gasteiger partial charge in [-0.3, -0.25) is 19.1 Å². The third-order valence-corrected chi connectivity index (χ3v) is 8.07. The lowest BCUT2D eigenvalue weighted by Crippen LogP contribution is -2.37. The van der Waals surface area contributed by atoms with Crippen LogP contribution in [0.1, 0.15) is 62.6 Å². The summed E-state index contributed by atoms with van der Waals surface area (Å²) in [6.45, 7) is 1.32. The van der Waals surface area contributed by atoms with Crippen LogP contribution in [0.2, 0.25) is 10.0 Å². The van der Waals surface area contributed by atoms with E-state index in [0.717, 1.165) is 60.7 Å². The van der Waals surface area contributed by atoms with E-state index in [9.17, 15) is 19.5 Å². The van der Waals surface area contributed by atoms with E-state index in [4.69, 9.17) is 34.0 Å². The maximum absolute atomic E-state index is 12.2. The van der Waals surface area contributed by atoms with Crippen LogP contribution in [0.4, 0.5) is 0 Å². The van der Waals surface area contributed by atoms with Gasteiger partial charge in [-0.15, -0.1) is 0 Å². The molecule has 0 fully saturated rings. The highest BCUT2D eigenvalue weighted by Gasteiger charge is 2.27. The first kappa shape index (κ1) is 29.9. The molecule has 40 heavy (non-hydrogen) atoms. The zero-order valence-electron chi connectivity index (χ0n) is 22.5. The highest BCUT2D eigenvalue weighted by Crippen LogP contribution is 2.41. The van der Waals surface area contributed by atoms with Gasteiger partial charge in [0.15, 0.2) is 0 Å². The molecular weight excluding hydrogens is 555 g/mol. The molecule has 3 heterocycles. The van der Waals surface area contributed by atoms with Crippen molar-refractivity contribution in [1.82, 2.24) is 25.0 Å². The number of hydrogen-bond donors (Lipinski definition) is 4. The SMILES string of the molecule is NC(=O)CCCCCCCCC(=O)NCCn1ccc(-c2cc(Cl)c(Cl)c3[nH]c4c(c23)CN(C(=O)CO)CC4)n1. The standard InChI is InChI=1S/C28H36Cl2N6O4/c29-20-15-18(26-19-16-35(25(40)17-37)12-9-21(19)33-28(26)27(20)30)22-10-13-36(34-22)14-11-32-24(39)8-6-4-2-1-3-5-7-23(31)38/h10,13,15,33,37H,1-9,11-12,14,16-17H2,(H2,31,38)(H,32,39). The summed E-state index contributed by atoms with van der Waals surface area (Å²) in [5.74, 6) is -0.544. The molecule has 12 heteroatoms. The first-order valence-electron chi connectivity index (χ1n) is 13.8. The van der Waals surface area contributed by atoms with Crippen molar-refractivity contribution in [3.8, 4) is 11.3 Å². The Morgan fingerprint density at radius 2 is 1.82 bits per heavy atom. The van der Waals surface area contributed by atoms with Gasteiger partial charge in [0.05, 0.1) is 27.8 Å². The number of aliphatic hydroxyl groups excluding tert-OH is 1. The van der Waals surface area contributed by atoms with Crippen molar-refractivity contribution in [3.63, 3.8) is 0 Å². The largest absolute Gasteiger partial charge is 0.387 e. The fraction of sp³-hybridized carbons (Fsp3) is 0.500. The van der Waals surface area contributed by atoms with Crippen molar-refractivity contribution < 1.29 is 19.5 Å². The van der Waals surface area contributed by atoms with Crippen LogP contribution in [0.25, 0.3) is 22.2 Å². The van der Waals surface area contributed by atoms with E-state index in [-0.39, 0.29) is 17.7 Å². The van der Waals surface area contributed by atoms with E-state index in [1.54, 1.807) is 15.6 Å². The summed E-state index contributed by atoms with van der Waals surface area (Å²) in [6.07, 6.45) is 9.14. The minimum absolute atomic E-state index is 0.0215. The molecule has 0 aliphatic carbocycles. The lowest BCUT2D eigenvalue weighted by Gasteiger charge is -2.26. The number of aromatic amines is 1. The summed E-state index contributed by atoms with van der Waals surface area (Å²) in [6, 6.07) is 3.68. The van der Waals surface area contributed by atoms with Crippen LogP contribution in [0.3, 0.4) is 0 Å². The number of benzene rings is 1. The van der Waals surface area contributed by atoms with Gasteiger partial charge in [-0.2, -0.15) is 5.10 Å². The van der Waals surface area contributed by atoms with Gasteiger partial charge in [0.1, 0.15) is 6.61 Å². The number of fused-ring (bicyclic) bond motifs is 3. The zero-order valence-corrected chi connectivity index (χ0v) is 24.0. The Hall–Kier alpha value is -3.08. The molecule has 2 aromatic heterocycles. The number of nitrogens with zero attached hydrogens (tertiary/aromatic N) is 3. The molecule has 0 spiro atoms. The number of primary amides is 1. The molecule has 10 nitrogen and oxygen atoms in total. The van der Waals surface area contributed by atoms with Crippen molar-refractivity contribution >= 4 is 51.8 Å². The number of nitrogens with two attached hydrogens (primary N) is 1. The predicted molar refractivity (Wildman–Crippen MR) is 155 cm³/mol. The second-order valence-electron chi connectivity index (χ2n) is 10.2. The van der Waals surface area contributed by atoms with E-state index < -0.39 is 6.61 Å². The molecule has 0 unspecified atom stereocenters. The van der Waals surface area contributed by atoms with Crippen molar-refractivity contribution in [1.29, 1.82) is 0 Å². The number of rotatable bonds is 14. The Balaban J connectivity index is 1.33. The average molecular weight is 592 g/mol. The molecule has 1 aromatic carbocycles. The fourth-order valence-corrected chi connectivity index (χ4v) is 5.57. The van der Waals surface area contributed by atoms with E-state index in [2.05, 4.69) is 10.3 Å². The number of nitrogens with one attached hydrogen (secondary N) is 2. The predicted octanol–water partition coefficient (Wildman–Crippen LogP) is 3.94. The van der Waals surface area contributed by atoms with Crippen molar-refractivity contribution in [2.45, 2.75) is 70.9 Å². The molecule has 3 aromatic rings. The van der Waals surface area contributed by atoms with Crippen LogP contribution in [0.5, 0.6) is 0 Å². The fourth-order valence-electron chi connectivity index (χ4n) is 5.17. The number of H-pyrrole nitrogens is 1. The second kappa shape index (κ2) is 14.0. The highest BCUT2D eigenvalue weighted by molar-refractivity contribution is 6.45. The van der Waals surface area contributed by atoms with Crippen LogP contribution in [0.15, 0.2) is 18.3 Å². The molecule has 0 bridgehead atoms. The molecular formula is C28H36Cl2N6O4. The van der Waals surface area contributed by atoms with Gasteiger partial charge >= 0.3 is 0 Å². The smallest absolute Gasteiger partial charge is 0.248 e. The number of amides is 3. The van der Waals surface area contributed by atoms with Crippen molar-refractivity contribution in [2.24, 2.45) is 5.73 Å². The zero-order chi connectivity index (χ0) is 28.6. The molecule has 0 saturated heterocycles. The third-order valence-electron chi connectivity index (χ3n) is 7.29. The Labute approximate surface area is 243 Å². The molecule has 216 valence electrons. The van der Waals surface area contributed by atoms with Crippen LogP contribution >= 0.6 is 23.2 Å². The molecule has 3 amide bonds. The third kappa shape index (κ3) is 7.35. The molecule has 0 atom stereocenters. The van der Waals surface area contributed by atoms with Gasteiger partial charge in [0.2, 0.25) is 17.7 Å². The van der Waals surface area contributed by atoms with Crippen LogP contribution in [-0.2, 0) is 33.9 Å². The van der Waals surface area contributed by atoms with Gasteiger partial charge in [-0.05, 0) is 25.0 Å². The second-order valence-corrected chi connectivity index (χ2v) is 11.0. The molecule has 1 aliphatic rings. The minimum Gasteiger partial charge on any atom is -0.387 e. The van der Waals surface area contributed by atoms with Crippen molar-refractivity contribution in [3.05, 3.63) is 39.6 Å². The Bertz CT molecular complexity index is 1370. The molecule has 0 radical (unpaired) electrons. The topological polar surface area (TPSA) is 146 Å². The van der Waals surface area contributed by atoms with Gasteiger partial charge in [0, 0.05) is 67.3 Å². The minimum atomic E-state index is -0.530. The number of aliphatic hydroxyl groups is 1. The van der Waals surface area contributed by atoms with Gasteiger partial charge in [-0.25, -0.2) is 0 Å². The summed E-state index contributed by atoms with van der Waals surface area (Å²) >= 11 is 13.0. The number of carbonyl (C=O) groups excluding carboxylic acids is 3. The van der Waals surface area contributed by atoms with E-state index >= 15 is 0 Å². The lowest BCUT2D eigenvalue weighted by atomic mass is 9.99. The normalized spacial score (nSPS) is 13.0. The molecule has 1 aliphatic heterocycles. The first-order chi connectivity index (χ1) is 19.3. The highest BCUT2D eigenvalue weighted by atomic mass is 35.5. The summed E-state index contributed by atoms with van der Waals surface area (Å²) in [7, 11) is 0. The Morgan fingerprint density at radius 3 is 2.55 bits per heavy atom. The van der Waals surface area contributed by atoms with Gasteiger partial charge in [-0.1, -0.05) is 48.9 Å². The number of hydrogen-bond acceptors (Lipinski definition) is 5. The Kier molecular flexibility index (Phi) is 10.5. The van der Waals surface area contributed by atoms with Crippen LogP contribution in [0, 0.1) is 0 Å². The van der Waals surface area contributed by atoms with E-state index in [0.29, 0.717) is 66.7 Å². The average Bonchev–Trinajstić information content (AvgIpc) is 3.56. The molecule has 4 rings (SSSR count). The monoisotopic (exact) mass is 590 g/mol. The summed E-state index contributed by atoms with van der Waals surface area (Å²) in [5.41, 5.74) is 9.30. The number of unbranched alkanes of at least 4 members (excludes halogenated alkanes) is 5. The number of carbonyl (C=O) groups is 3. The summed E-state index contributed by atoms with van der Waals surface area (Å²) in [5, 5.41) is 18.7. The molecule has 5 N–H and O–H groups in total. The summed E-state index contributed by atoms with van der Waals surface area (Å²) < 4.78 is 1.77. The number of aromatic nitrogens is 3. The van der Waals surface area contributed by atoms with E-state index in [1.165, 1.54) is 0 Å². The van der Waals surface area contributed by atoms with Crippen LogP contribution < -0.4 is 11.1 Å². The quantitative estimate of drug-likeness (QED) is 0.210. The van der Waals surface area contributed by atoms with E-state index in [1.807, 2.05) is 12.3 Å². The maximum Gasteiger partial charge on any atom is 0.248 e. The number of halogens is 2. The van der Waals surface area contributed by atoms with Gasteiger partial charge in [0.25, 0.3) is 0 Å². The Morgan fingerprint density at radius 1 is 1.10 bits per heavy atom. The van der Waals surface area contributed by atoms with Crippen molar-refractivity contribution in [2.75, 3.05) is 19.7 Å². The first-order valence-corrected chi connectivity index (χ1v) is 14.5. The molecule has 0 saturated carbocycles. The van der Waals surface area contributed by atoms with Gasteiger partial charge < -0.3 is 26.0 Å². The van der Waals surface area contributed by atoms with Crippen LogP contribution in [-0.4, -0.2) is 62.2 Å². The summed E-state index contributed by atoms with van der Waals surface area (Å²) in [4.78, 5) is 40.2. The maximum atomic E-state index is 12.2.